The fourth-order valence-electron chi connectivity index (χ4n) is 2.54. The van der Waals surface area contributed by atoms with E-state index in [2.05, 4.69) is 10.4 Å². The second kappa shape index (κ2) is 7.46. The normalized spacial score (nSPS) is 16.4. The predicted octanol–water partition coefficient (Wildman–Crippen LogP) is 1.43. The van der Waals surface area contributed by atoms with Gasteiger partial charge in [-0.2, -0.15) is 5.10 Å². The molecule has 24 heavy (non-hydrogen) atoms. The summed E-state index contributed by atoms with van der Waals surface area (Å²) in [4.78, 5) is 37.0. The van der Waals surface area contributed by atoms with Gasteiger partial charge in [-0.25, -0.2) is 4.79 Å². The maximum Gasteiger partial charge on any atom is 0.331 e. The van der Waals surface area contributed by atoms with Crippen LogP contribution < -0.4 is 5.32 Å². The lowest BCUT2D eigenvalue weighted by molar-refractivity contribution is -0.146. The van der Waals surface area contributed by atoms with Crippen LogP contribution in [0, 0.1) is 0 Å². The average Bonchev–Trinajstić information content (AvgIpc) is 2.96. The van der Waals surface area contributed by atoms with Gasteiger partial charge >= 0.3 is 5.97 Å². The summed E-state index contributed by atoms with van der Waals surface area (Å²) < 4.78 is 1.28. The van der Waals surface area contributed by atoms with Gasteiger partial charge in [-0.1, -0.05) is 12.8 Å². The second-order valence-corrected chi connectivity index (χ2v) is 6.54. The summed E-state index contributed by atoms with van der Waals surface area (Å²) in [5.74, 6) is -1.08. The highest BCUT2D eigenvalue weighted by molar-refractivity contribution is 5.93. The van der Waals surface area contributed by atoms with Gasteiger partial charge in [0.2, 0.25) is 11.8 Å². The van der Waals surface area contributed by atoms with Crippen LogP contribution in [0.25, 0.3) is 0 Å². The van der Waals surface area contributed by atoms with Gasteiger partial charge in [0.1, 0.15) is 0 Å². The Balaban J connectivity index is 1.96. The molecular weight excluding hydrogens is 312 g/mol. The molecule has 8 nitrogen and oxygen atoms in total. The van der Waals surface area contributed by atoms with Crippen LogP contribution in [-0.2, 0) is 19.9 Å². The van der Waals surface area contributed by atoms with E-state index in [-0.39, 0.29) is 24.2 Å². The zero-order valence-corrected chi connectivity index (χ0v) is 14.1. The number of likely N-dealkylation sites (tertiary alicyclic amines) is 1. The molecule has 0 saturated carbocycles. The van der Waals surface area contributed by atoms with Gasteiger partial charge in [-0.15, -0.1) is 0 Å². The lowest BCUT2D eigenvalue weighted by Gasteiger charge is -2.24. The molecule has 2 rings (SSSR count). The zero-order chi connectivity index (χ0) is 17.7. The van der Waals surface area contributed by atoms with Gasteiger partial charge in [0.25, 0.3) is 0 Å². The molecule has 0 atom stereocenters. The number of hydrogen-bond acceptors (Lipinski definition) is 4. The third-order valence-corrected chi connectivity index (χ3v) is 4.21. The third-order valence-electron chi connectivity index (χ3n) is 4.21. The minimum absolute atomic E-state index is 0.00221. The quantitative estimate of drug-likeness (QED) is 0.846. The van der Waals surface area contributed by atoms with E-state index in [9.17, 15) is 19.5 Å². The van der Waals surface area contributed by atoms with Gasteiger partial charge in [-0.3, -0.25) is 14.3 Å². The molecule has 1 saturated heterocycles. The Bertz CT molecular complexity index is 623. The lowest BCUT2D eigenvalue weighted by atomic mass is 10.1. The van der Waals surface area contributed by atoms with Gasteiger partial charge in [-0.05, 0) is 26.7 Å². The first-order valence-corrected chi connectivity index (χ1v) is 8.18. The molecule has 1 aromatic heterocycles. The van der Waals surface area contributed by atoms with E-state index >= 15 is 0 Å². The van der Waals surface area contributed by atoms with E-state index in [4.69, 9.17) is 0 Å². The van der Waals surface area contributed by atoms with Crippen molar-refractivity contribution >= 4 is 23.6 Å². The SMILES string of the molecule is CC(C)(C(=O)O)n1ccc(NC(=O)CN2CCCCCCC2=O)n1. The smallest absolute Gasteiger partial charge is 0.331 e. The van der Waals surface area contributed by atoms with E-state index in [1.807, 2.05) is 0 Å². The van der Waals surface area contributed by atoms with Crippen LogP contribution in [0.2, 0.25) is 0 Å². The van der Waals surface area contributed by atoms with Crippen LogP contribution in [0.4, 0.5) is 5.82 Å². The van der Waals surface area contributed by atoms with Gasteiger partial charge in [0, 0.05) is 25.2 Å². The number of aliphatic carboxylic acids is 1. The van der Waals surface area contributed by atoms with Crippen molar-refractivity contribution in [3.63, 3.8) is 0 Å². The number of anilines is 1. The minimum atomic E-state index is -1.21. The minimum Gasteiger partial charge on any atom is -0.479 e. The lowest BCUT2D eigenvalue weighted by Crippen LogP contribution is -2.39. The summed E-state index contributed by atoms with van der Waals surface area (Å²) in [6, 6.07) is 1.54. The number of hydrogen-bond donors (Lipinski definition) is 2. The van der Waals surface area contributed by atoms with E-state index < -0.39 is 11.5 Å². The summed E-state index contributed by atoms with van der Waals surface area (Å²) in [7, 11) is 0. The Labute approximate surface area is 140 Å². The molecule has 132 valence electrons. The van der Waals surface area contributed by atoms with Crippen molar-refractivity contribution in [3.05, 3.63) is 12.3 Å². The molecule has 0 unspecified atom stereocenters. The first-order valence-electron chi connectivity index (χ1n) is 8.18. The predicted molar refractivity (Wildman–Crippen MR) is 87.5 cm³/mol. The Morgan fingerprint density at radius 3 is 2.71 bits per heavy atom. The van der Waals surface area contributed by atoms with Crippen molar-refractivity contribution in [1.82, 2.24) is 14.7 Å². The fourth-order valence-corrected chi connectivity index (χ4v) is 2.54. The molecular formula is C16H24N4O4. The highest BCUT2D eigenvalue weighted by Gasteiger charge is 2.30. The molecule has 0 bridgehead atoms. The standard InChI is InChI=1S/C16H24N4O4/c1-16(2,15(23)24)20-10-8-12(18-20)17-13(21)11-19-9-6-4-3-5-7-14(19)22/h8,10H,3-7,9,11H2,1-2H3,(H,23,24)(H,17,18,21). The van der Waals surface area contributed by atoms with Crippen LogP contribution in [0.3, 0.4) is 0 Å². The molecule has 0 aliphatic carbocycles. The number of carbonyl (C=O) groups excluding carboxylic acids is 2. The second-order valence-electron chi connectivity index (χ2n) is 6.54. The number of rotatable bonds is 5. The number of carbonyl (C=O) groups is 3. The largest absolute Gasteiger partial charge is 0.479 e. The maximum absolute atomic E-state index is 12.1. The molecule has 8 heteroatoms. The van der Waals surface area contributed by atoms with Crippen molar-refractivity contribution < 1.29 is 19.5 Å². The molecule has 2 N–H and O–H groups in total. The summed E-state index contributed by atoms with van der Waals surface area (Å²) >= 11 is 0. The summed E-state index contributed by atoms with van der Waals surface area (Å²) in [5, 5.41) is 15.9. The fraction of sp³-hybridized carbons (Fsp3) is 0.625. The number of nitrogens with zero attached hydrogens (tertiary/aromatic N) is 3. The Morgan fingerprint density at radius 1 is 1.29 bits per heavy atom. The molecule has 0 radical (unpaired) electrons. The first kappa shape index (κ1) is 18.0. The first-order chi connectivity index (χ1) is 11.3. The third kappa shape index (κ3) is 4.33. The van der Waals surface area contributed by atoms with Crippen molar-refractivity contribution in [2.24, 2.45) is 0 Å². The molecule has 1 fully saturated rings. The van der Waals surface area contributed by atoms with Crippen molar-refractivity contribution in [1.29, 1.82) is 0 Å². The van der Waals surface area contributed by atoms with Gasteiger partial charge < -0.3 is 15.3 Å². The summed E-state index contributed by atoms with van der Waals surface area (Å²) in [6.45, 7) is 3.63. The van der Waals surface area contributed by atoms with Crippen LogP contribution in [0.1, 0.15) is 46.0 Å². The molecule has 1 aromatic rings. The number of aromatic nitrogens is 2. The van der Waals surface area contributed by atoms with Crippen LogP contribution >= 0.6 is 0 Å². The highest BCUT2D eigenvalue weighted by Crippen LogP contribution is 2.16. The van der Waals surface area contributed by atoms with Crippen molar-refractivity contribution in [3.8, 4) is 0 Å². The highest BCUT2D eigenvalue weighted by atomic mass is 16.4. The van der Waals surface area contributed by atoms with Crippen LogP contribution in [0.15, 0.2) is 12.3 Å². The monoisotopic (exact) mass is 336 g/mol. The van der Waals surface area contributed by atoms with E-state index in [1.165, 1.54) is 30.8 Å². The Morgan fingerprint density at radius 2 is 2.00 bits per heavy atom. The summed E-state index contributed by atoms with van der Waals surface area (Å²) in [6.07, 6.45) is 5.88. The molecule has 1 aliphatic rings. The number of amides is 2. The Kier molecular flexibility index (Phi) is 5.58. The zero-order valence-electron chi connectivity index (χ0n) is 14.1. The van der Waals surface area contributed by atoms with E-state index in [0.29, 0.717) is 13.0 Å². The number of nitrogens with one attached hydrogen (secondary N) is 1. The molecule has 0 spiro atoms. The van der Waals surface area contributed by atoms with E-state index in [0.717, 1.165) is 25.7 Å². The summed E-state index contributed by atoms with van der Waals surface area (Å²) in [5.41, 5.74) is -1.21. The van der Waals surface area contributed by atoms with Crippen LogP contribution in [-0.4, -0.2) is 50.7 Å². The molecule has 0 aromatic carbocycles. The Hall–Kier alpha value is -2.38. The van der Waals surface area contributed by atoms with Gasteiger partial charge in [0.05, 0.1) is 6.54 Å². The topological polar surface area (TPSA) is 105 Å². The molecule has 1 aliphatic heterocycles. The van der Waals surface area contributed by atoms with Crippen LogP contribution in [0.5, 0.6) is 0 Å². The van der Waals surface area contributed by atoms with Gasteiger partial charge in [0.15, 0.2) is 11.4 Å². The molecule has 2 amide bonds. The maximum atomic E-state index is 12.1. The van der Waals surface area contributed by atoms with E-state index in [1.54, 1.807) is 4.90 Å². The number of carboxylic acid groups (broad SMARTS) is 1. The molecule has 2 heterocycles. The van der Waals surface area contributed by atoms with Crippen molar-refractivity contribution in [2.75, 3.05) is 18.4 Å². The number of carboxylic acids is 1. The van der Waals surface area contributed by atoms with Crippen molar-refractivity contribution in [2.45, 2.75) is 51.5 Å². The average molecular weight is 336 g/mol.